The summed E-state index contributed by atoms with van der Waals surface area (Å²) in [6.45, 7) is 3.33. The maximum atomic E-state index is 13.5. The summed E-state index contributed by atoms with van der Waals surface area (Å²) >= 11 is 0. The molecule has 2 atom stereocenters. The van der Waals surface area contributed by atoms with Gasteiger partial charge < -0.3 is 24.0 Å². The fraction of sp³-hybridized carbons (Fsp3) is 0.242. The number of nitrogens with zero attached hydrogens (tertiary/aromatic N) is 3. The third-order valence-electron chi connectivity index (χ3n) is 7.51. The number of aromatic nitrogens is 2. The number of amides is 1. The fourth-order valence-electron chi connectivity index (χ4n) is 5.54. The van der Waals surface area contributed by atoms with Crippen LogP contribution in [0.3, 0.4) is 0 Å². The van der Waals surface area contributed by atoms with Gasteiger partial charge in [0.15, 0.2) is 0 Å². The minimum Gasteiger partial charge on any atom is -0.507 e. The zero-order valence-corrected chi connectivity index (χ0v) is 22.8. The van der Waals surface area contributed by atoms with E-state index in [-0.39, 0.29) is 17.4 Å². The second-order valence-electron chi connectivity index (χ2n) is 10.4. The number of imidazole rings is 1. The second kappa shape index (κ2) is 11.3. The molecular weight excluding hydrogens is 518 g/mol. The van der Waals surface area contributed by atoms with E-state index >= 15 is 0 Å². The third-order valence-corrected chi connectivity index (χ3v) is 7.51. The Morgan fingerprint density at radius 1 is 1.05 bits per heavy atom. The standard InChI is InChI=1S/C33H31N3O5/c1-22-17-26-18-25(11-12-28(26)41-22)31(37)29-30(36(33(39)32(29)38)15-6-14-35-16-13-34-21-35)24-9-5-10-27(19-24)40-20-23-7-3-2-4-8-23/h2-5,7-13,16,18-19,21-22,30,37H,6,14-15,17,20H2,1H3/b31-29-. The largest absolute Gasteiger partial charge is 0.507 e. The predicted octanol–water partition coefficient (Wildman–Crippen LogP) is 5.30. The first-order valence-corrected chi connectivity index (χ1v) is 13.8. The Hall–Kier alpha value is -4.85. The number of Topliss-reactive ketones (excluding diaryl/α,β-unsaturated/α-hetero) is 1. The van der Waals surface area contributed by atoms with Gasteiger partial charge in [0, 0.05) is 37.5 Å². The van der Waals surface area contributed by atoms with Crippen LogP contribution in [0.5, 0.6) is 11.5 Å². The van der Waals surface area contributed by atoms with Crippen molar-refractivity contribution in [3.63, 3.8) is 0 Å². The normalized spacial score (nSPS) is 19.3. The van der Waals surface area contributed by atoms with Crippen LogP contribution in [0.25, 0.3) is 5.76 Å². The molecule has 41 heavy (non-hydrogen) atoms. The monoisotopic (exact) mass is 549 g/mol. The summed E-state index contributed by atoms with van der Waals surface area (Å²) in [5.74, 6) is -0.136. The van der Waals surface area contributed by atoms with E-state index < -0.39 is 17.7 Å². The van der Waals surface area contributed by atoms with Crippen molar-refractivity contribution in [2.24, 2.45) is 0 Å². The first-order valence-electron chi connectivity index (χ1n) is 13.8. The maximum absolute atomic E-state index is 13.5. The van der Waals surface area contributed by atoms with Crippen molar-refractivity contribution in [2.45, 2.75) is 45.1 Å². The number of ketones is 1. The highest BCUT2D eigenvalue weighted by Gasteiger charge is 2.46. The van der Waals surface area contributed by atoms with Gasteiger partial charge in [0.05, 0.1) is 17.9 Å². The molecule has 2 aliphatic heterocycles. The lowest BCUT2D eigenvalue weighted by molar-refractivity contribution is -0.139. The molecule has 8 nitrogen and oxygen atoms in total. The molecule has 4 aromatic rings. The van der Waals surface area contributed by atoms with Crippen LogP contribution in [-0.4, -0.2) is 43.9 Å². The number of ether oxygens (including phenoxy) is 2. The number of aliphatic hydroxyl groups excluding tert-OH is 1. The summed E-state index contributed by atoms with van der Waals surface area (Å²) in [6.07, 6.45) is 6.65. The molecule has 1 aromatic heterocycles. The number of carbonyl (C=O) groups is 2. The van der Waals surface area contributed by atoms with Gasteiger partial charge >= 0.3 is 0 Å². The van der Waals surface area contributed by atoms with Crippen LogP contribution in [0.15, 0.2) is 97.1 Å². The average molecular weight is 550 g/mol. The van der Waals surface area contributed by atoms with Gasteiger partial charge in [-0.05, 0) is 60.4 Å². The molecule has 6 rings (SSSR count). The van der Waals surface area contributed by atoms with Crippen LogP contribution in [-0.2, 0) is 29.2 Å². The molecule has 0 saturated carbocycles. The number of likely N-dealkylation sites (tertiary alicyclic amines) is 1. The van der Waals surface area contributed by atoms with Crippen molar-refractivity contribution >= 4 is 17.4 Å². The summed E-state index contributed by atoms with van der Waals surface area (Å²) in [4.78, 5) is 32.6. The van der Waals surface area contributed by atoms with Crippen LogP contribution in [0, 0.1) is 0 Å². The quantitative estimate of drug-likeness (QED) is 0.173. The lowest BCUT2D eigenvalue weighted by atomic mass is 9.94. The summed E-state index contributed by atoms with van der Waals surface area (Å²) < 4.78 is 13.8. The van der Waals surface area contributed by atoms with Crippen molar-refractivity contribution in [1.82, 2.24) is 14.5 Å². The van der Waals surface area contributed by atoms with Crippen LogP contribution < -0.4 is 9.47 Å². The number of hydrogen-bond acceptors (Lipinski definition) is 6. The number of aryl methyl sites for hydroxylation is 1. The Kier molecular flexibility index (Phi) is 7.29. The van der Waals surface area contributed by atoms with Gasteiger partial charge in [-0.3, -0.25) is 9.59 Å². The number of aliphatic hydroxyl groups is 1. The van der Waals surface area contributed by atoms with Gasteiger partial charge in [-0.1, -0.05) is 42.5 Å². The van der Waals surface area contributed by atoms with Gasteiger partial charge in [0.25, 0.3) is 11.7 Å². The number of hydrogen-bond donors (Lipinski definition) is 1. The summed E-state index contributed by atoms with van der Waals surface area (Å²) in [5.41, 5.74) is 3.24. The molecule has 1 N–H and O–H groups in total. The molecule has 1 amide bonds. The Morgan fingerprint density at radius 2 is 1.90 bits per heavy atom. The number of carbonyl (C=O) groups excluding carboxylic acids is 2. The molecule has 1 saturated heterocycles. The van der Waals surface area contributed by atoms with Gasteiger partial charge in [0.1, 0.15) is 30.0 Å². The van der Waals surface area contributed by atoms with Gasteiger partial charge in [0.2, 0.25) is 0 Å². The number of rotatable bonds is 9. The Labute approximate surface area is 238 Å². The summed E-state index contributed by atoms with van der Waals surface area (Å²) in [5, 5.41) is 11.5. The minimum absolute atomic E-state index is 0.0436. The van der Waals surface area contributed by atoms with Crippen LogP contribution in [0.2, 0.25) is 0 Å². The van der Waals surface area contributed by atoms with E-state index in [1.807, 2.05) is 84.4 Å². The minimum atomic E-state index is -0.763. The van der Waals surface area contributed by atoms with Gasteiger partial charge in [-0.2, -0.15) is 0 Å². The summed E-state index contributed by atoms with van der Waals surface area (Å²) in [6, 6.07) is 21.9. The average Bonchev–Trinajstić information content (AvgIpc) is 3.70. The van der Waals surface area contributed by atoms with Crippen molar-refractivity contribution in [3.05, 3.63) is 119 Å². The molecule has 0 aliphatic carbocycles. The topological polar surface area (TPSA) is 93.9 Å². The van der Waals surface area contributed by atoms with E-state index in [9.17, 15) is 14.7 Å². The molecule has 0 radical (unpaired) electrons. The fourth-order valence-corrected chi connectivity index (χ4v) is 5.54. The molecule has 2 aliphatic rings. The van der Waals surface area contributed by atoms with E-state index in [0.29, 0.717) is 49.4 Å². The van der Waals surface area contributed by atoms with E-state index in [0.717, 1.165) is 16.9 Å². The first-order chi connectivity index (χ1) is 20.0. The van der Waals surface area contributed by atoms with Gasteiger partial charge in [-0.25, -0.2) is 4.98 Å². The van der Waals surface area contributed by atoms with Crippen molar-refractivity contribution in [2.75, 3.05) is 6.54 Å². The van der Waals surface area contributed by atoms with Crippen molar-refractivity contribution < 1.29 is 24.2 Å². The lowest BCUT2D eigenvalue weighted by Crippen LogP contribution is -2.31. The highest BCUT2D eigenvalue weighted by molar-refractivity contribution is 6.46. The van der Waals surface area contributed by atoms with Crippen molar-refractivity contribution in [1.29, 1.82) is 0 Å². The van der Waals surface area contributed by atoms with E-state index in [1.165, 1.54) is 0 Å². The lowest BCUT2D eigenvalue weighted by Gasteiger charge is -2.26. The van der Waals surface area contributed by atoms with Crippen LogP contribution in [0.4, 0.5) is 0 Å². The third kappa shape index (κ3) is 5.45. The molecular formula is C33H31N3O5. The molecule has 3 aromatic carbocycles. The molecule has 0 spiro atoms. The highest BCUT2D eigenvalue weighted by atomic mass is 16.5. The van der Waals surface area contributed by atoms with Gasteiger partial charge in [-0.15, -0.1) is 0 Å². The second-order valence-corrected chi connectivity index (χ2v) is 10.4. The highest BCUT2D eigenvalue weighted by Crippen LogP contribution is 2.41. The smallest absolute Gasteiger partial charge is 0.295 e. The molecule has 2 unspecified atom stereocenters. The zero-order valence-electron chi connectivity index (χ0n) is 22.8. The molecule has 8 heteroatoms. The Bertz CT molecular complexity index is 1600. The molecule has 3 heterocycles. The van der Waals surface area contributed by atoms with E-state index in [1.54, 1.807) is 23.5 Å². The zero-order chi connectivity index (χ0) is 28.3. The van der Waals surface area contributed by atoms with Crippen LogP contribution >= 0.6 is 0 Å². The summed E-state index contributed by atoms with van der Waals surface area (Å²) in [7, 11) is 0. The molecule has 1 fully saturated rings. The number of fused-ring (bicyclic) bond motifs is 1. The molecule has 0 bridgehead atoms. The SMILES string of the molecule is CC1Cc2cc(/C(O)=C3/C(=O)C(=O)N(CCCn4ccnc4)C3c3cccc(OCc4ccccc4)c3)ccc2O1. The van der Waals surface area contributed by atoms with E-state index in [2.05, 4.69) is 4.98 Å². The predicted molar refractivity (Wildman–Crippen MR) is 153 cm³/mol. The Balaban J connectivity index is 1.35. The number of benzene rings is 3. The van der Waals surface area contributed by atoms with Crippen molar-refractivity contribution in [3.8, 4) is 11.5 Å². The first kappa shape index (κ1) is 26.4. The maximum Gasteiger partial charge on any atom is 0.295 e. The van der Waals surface area contributed by atoms with Crippen LogP contribution in [0.1, 0.15) is 41.6 Å². The molecule has 208 valence electrons. The Morgan fingerprint density at radius 3 is 2.71 bits per heavy atom. The van der Waals surface area contributed by atoms with E-state index in [4.69, 9.17) is 9.47 Å².